The quantitative estimate of drug-likeness (QED) is 0.504. The molecular formula is C25H34N3O5S+. The third-order valence-electron chi connectivity index (χ3n) is 6.52. The number of quaternary nitrogens is 1. The summed E-state index contributed by atoms with van der Waals surface area (Å²) in [5.41, 5.74) is 1.22. The summed E-state index contributed by atoms with van der Waals surface area (Å²) in [4.78, 5) is 13.7. The minimum absolute atomic E-state index is 0.0442. The van der Waals surface area contributed by atoms with E-state index < -0.39 is 16.3 Å². The van der Waals surface area contributed by atoms with Gasteiger partial charge in [-0.05, 0) is 37.1 Å². The minimum atomic E-state index is -3.37. The number of nitrogens with one attached hydrogen (secondary N) is 1. The predicted octanol–water partition coefficient (Wildman–Crippen LogP) is 0.589. The van der Waals surface area contributed by atoms with Crippen molar-refractivity contribution in [1.82, 2.24) is 8.61 Å². The van der Waals surface area contributed by atoms with Crippen LogP contribution in [0.4, 0.5) is 0 Å². The van der Waals surface area contributed by atoms with Gasteiger partial charge in [0.2, 0.25) is 0 Å². The van der Waals surface area contributed by atoms with Gasteiger partial charge in [0.05, 0.1) is 26.2 Å². The van der Waals surface area contributed by atoms with E-state index in [1.54, 1.807) is 45.0 Å². The van der Waals surface area contributed by atoms with Crippen LogP contribution in [0.1, 0.15) is 35.2 Å². The van der Waals surface area contributed by atoms with E-state index in [2.05, 4.69) is 0 Å². The molecule has 0 unspecified atom stereocenters. The van der Waals surface area contributed by atoms with Gasteiger partial charge >= 0.3 is 0 Å². The average Bonchev–Trinajstić information content (AvgIpc) is 2.89. The molecular weight excluding hydrogens is 454 g/mol. The van der Waals surface area contributed by atoms with Crippen molar-refractivity contribution in [3.05, 3.63) is 65.7 Å². The zero-order valence-electron chi connectivity index (χ0n) is 19.4. The summed E-state index contributed by atoms with van der Waals surface area (Å²) < 4.78 is 34.6. The van der Waals surface area contributed by atoms with E-state index in [1.807, 2.05) is 18.2 Å². The number of nitrogens with zero attached hydrogens (tertiary/aromatic N) is 2. The van der Waals surface area contributed by atoms with E-state index in [9.17, 15) is 18.3 Å². The van der Waals surface area contributed by atoms with Crippen LogP contribution in [0.3, 0.4) is 0 Å². The summed E-state index contributed by atoms with van der Waals surface area (Å²) in [6.45, 7) is 4.16. The molecule has 0 aliphatic carbocycles. The molecule has 34 heavy (non-hydrogen) atoms. The summed E-state index contributed by atoms with van der Waals surface area (Å²) in [5.74, 6) is 0.549. The lowest BCUT2D eigenvalue weighted by Gasteiger charge is -2.36. The number of rotatable bonds is 9. The van der Waals surface area contributed by atoms with Crippen LogP contribution >= 0.6 is 0 Å². The number of ketones is 1. The highest BCUT2D eigenvalue weighted by atomic mass is 32.2. The van der Waals surface area contributed by atoms with Crippen molar-refractivity contribution >= 4 is 16.0 Å². The van der Waals surface area contributed by atoms with Crippen LogP contribution in [0.2, 0.25) is 0 Å². The third-order valence-corrected chi connectivity index (χ3v) is 8.55. The standard InChI is InChI=1S/C25H33N3O5S/c29-23(19-26-15-17-28(18-16-26)34(31,32)27-13-5-2-6-14-27)20-33-24-11-9-22(10-12-24)25(30)21-7-3-1-4-8-21/h1,3-4,7-12,23,29H,2,5-6,13-20H2/p+1/t23-/m0/s1. The van der Waals surface area contributed by atoms with Crippen molar-refractivity contribution < 1.29 is 28.0 Å². The SMILES string of the molecule is O=C(c1ccccc1)c1ccc(OC[C@@H](O)C[NH+]2CCN(S(=O)(=O)N3CCCCC3)CC2)cc1. The smallest absolute Gasteiger partial charge is 0.282 e. The molecule has 9 heteroatoms. The second-order valence-electron chi connectivity index (χ2n) is 9.01. The van der Waals surface area contributed by atoms with Crippen LogP contribution < -0.4 is 9.64 Å². The number of carbonyl (C=O) groups is 1. The van der Waals surface area contributed by atoms with Gasteiger partial charge in [-0.1, -0.05) is 36.8 Å². The van der Waals surface area contributed by atoms with Gasteiger partial charge in [-0.3, -0.25) is 4.79 Å². The van der Waals surface area contributed by atoms with Gasteiger partial charge in [0.25, 0.3) is 10.2 Å². The highest BCUT2D eigenvalue weighted by Gasteiger charge is 2.34. The third kappa shape index (κ3) is 6.22. The maximum absolute atomic E-state index is 12.8. The Morgan fingerprint density at radius 1 is 0.882 bits per heavy atom. The van der Waals surface area contributed by atoms with Crippen molar-refractivity contribution in [3.8, 4) is 5.75 Å². The van der Waals surface area contributed by atoms with E-state index in [4.69, 9.17) is 4.74 Å². The molecule has 2 saturated heterocycles. The fourth-order valence-corrected chi connectivity index (χ4v) is 6.23. The summed E-state index contributed by atoms with van der Waals surface area (Å²) in [6, 6.07) is 16.0. The van der Waals surface area contributed by atoms with Crippen molar-refractivity contribution in [2.24, 2.45) is 0 Å². The minimum Gasteiger partial charge on any atom is -0.491 e. The van der Waals surface area contributed by atoms with Gasteiger partial charge in [-0.15, -0.1) is 0 Å². The van der Waals surface area contributed by atoms with Crippen LogP contribution in [0, 0.1) is 0 Å². The van der Waals surface area contributed by atoms with Gasteiger partial charge in [0.1, 0.15) is 25.0 Å². The largest absolute Gasteiger partial charge is 0.491 e. The topological polar surface area (TPSA) is 91.6 Å². The number of piperidine rings is 1. The fourth-order valence-electron chi connectivity index (χ4n) is 4.54. The van der Waals surface area contributed by atoms with Gasteiger partial charge in [0, 0.05) is 24.2 Å². The Bertz CT molecular complexity index is 1030. The molecule has 2 heterocycles. The number of benzene rings is 2. The molecule has 1 atom stereocenters. The Labute approximate surface area is 201 Å². The van der Waals surface area contributed by atoms with E-state index in [1.165, 1.54) is 4.90 Å². The van der Waals surface area contributed by atoms with Gasteiger partial charge in [-0.2, -0.15) is 17.0 Å². The van der Waals surface area contributed by atoms with Crippen LogP contribution in [0.5, 0.6) is 5.75 Å². The van der Waals surface area contributed by atoms with E-state index in [0.29, 0.717) is 62.7 Å². The number of carbonyl (C=O) groups excluding carboxylic acids is 1. The first-order valence-corrected chi connectivity index (χ1v) is 13.4. The number of aliphatic hydroxyl groups excluding tert-OH is 1. The lowest BCUT2D eigenvalue weighted by molar-refractivity contribution is -0.906. The van der Waals surface area contributed by atoms with Crippen molar-refractivity contribution in [1.29, 1.82) is 0 Å². The van der Waals surface area contributed by atoms with E-state index in [0.717, 1.165) is 19.3 Å². The van der Waals surface area contributed by atoms with Crippen LogP contribution in [0.15, 0.2) is 54.6 Å². The molecule has 2 aromatic rings. The zero-order chi connectivity index (χ0) is 24.0. The number of piperazine rings is 1. The fraction of sp³-hybridized carbons (Fsp3) is 0.480. The number of hydrogen-bond acceptors (Lipinski definition) is 5. The summed E-state index contributed by atoms with van der Waals surface area (Å²) in [7, 11) is -3.37. The molecule has 0 saturated carbocycles. The number of ether oxygens (including phenoxy) is 1. The summed E-state index contributed by atoms with van der Waals surface area (Å²) in [5, 5.41) is 10.4. The Hall–Kier alpha value is -2.30. The molecule has 0 spiro atoms. The van der Waals surface area contributed by atoms with Crippen molar-refractivity contribution in [2.75, 3.05) is 52.4 Å². The molecule has 2 aliphatic heterocycles. The maximum Gasteiger partial charge on any atom is 0.282 e. The zero-order valence-corrected chi connectivity index (χ0v) is 20.3. The first-order chi connectivity index (χ1) is 16.4. The Kier molecular flexibility index (Phi) is 8.33. The van der Waals surface area contributed by atoms with Crippen molar-refractivity contribution in [3.63, 3.8) is 0 Å². The van der Waals surface area contributed by atoms with Crippen LogP contribution in [-0.2, 0) is 10.2 Å². The predicted molar refractivity (Wildman–Crippen MR) is 129 cm³/mol. The highest BCUT2D eigenvalue weighted by Crippen LogP contribution is 2.17. The normalized spacial score (nSPS) is 19.6. The Morgan fingerprint density at radius 3 is 2.12 bits per heavy atom. The van der Waals surface area contributed by atoms with Crippen LogP contribution in [0.25, 0.3) is 0 Å². The molecule has 184 valence electrons. The molecule has 0 bridgehead atoms. The second kappa shape index (κ2) is 11.4. The van der Waals surface area contributed by atoms with Gasteiger partial charge in [0.15, 0.2) is 5.78 Å². The van der Waals surface area contributed by atoms with Crippen molar-refractivity contribution in [2.45, 2.75) is 25.4 Å². The molecule has 2 fully saturated rings. The summed E-state index contributed by atoms with van der Waals surface area (Å²) >= 11 is 0. The summed E-state index contributed by atoms with van der Waals surface area (Å²) in [6.07, 6.45) is 2.30. The second-order valence-corrected chi connectivity index (χ2v) is 10.9. The molecule has 2 aromatic carbocycles. The first kappa shape index (κ1) is 24.8. The molecule has 4 rings (SSSR count). The molecule has 2 N–H and O–H groups in total. The molecule has 8 nitrogen and oxygen atoms in total. The van der Waals surface area contributed by atoms with Gasteiger partial charge in [-0.25, -0.2) is 0 Å². The molecule has 0 aromatic heterocycles. The van der Waals surface area contributed by atoms with E-state index in [-0.39, 0.29) is 12.4 Å². The monoisotopic (exact) mass is 488 g/mol. The Balaban J connectivity index is 1.20. The average molecular weight is 489 g/mol. The molecule has 2 aliphatic rings. The highest BCUT2D eigenvalue weighted by molar-refractivity contribution is 7.86. The van der Waals surface area contributed by atoms with Gasteiger partial charge < -0.3 is 14.7 Å². The lowest BCUT2D eigenvalue weighted by Crippen LogP contribution is -3.16. The lowest BCUT2D eigenvalue weighted by atomic mass is 10.0. The first-order valence-electron chi connectivity index (χ1n) is 12.0. The van der Waals surface area contributed by atoms with Crippen LogP contribution in [-0.4, -0.2) is 86.4 Å². The number of hydrogen-bond donors (Lipinski definition) is 2. The maximum atomic E-state index is 12.8. The number of aliphatic hydroxyl groups is 1. The Morgan fingerprint density at radius 2 is 1.47 bits per heavy atom. The van der Waals surface area contributed by atoms with E-state index >= 15 is 0 Å². The molecule has 0 radical (unpaired) electrons. The molecule has 0 amide bonds.